The molecule has 0 aromatic heterocycles. The second kappa shape index (κ2) is 6.80. The van der Waals surface area contributed by atoms with Crippen LogP contribution in [0.1, 0.15) is 25.8 Å². The fraction of sp³-hybridized carbons (Fsp3) is 0.385. The summed E-state index contributed by atoms with van der Waals surface area (Å²) >= 11 is 5.52. The molecule has 4 nitrogen and oxygen atoms in total. The summed E-state index contributed by atoms with van der Waals surface area (Å²) in [7, 11) is 0. The molecule has 2 amide bonds. The van der Waals surface area contributed by atoms with Gasteiger partial charge in [0.15, 0.2) is 0 Å². The first kappa shape index (κ1) is 17.3. The van der Waals surface area contributed by atoms with Crippen molar-refractivity contribution in [1.82, 2.24) is 5.32 Å². The molecule has 0 aliphatic carbocycles. The molecule has 0 aliphatic heterocycles. The van der Waals surface area contributed by atoms with Gasteiger partial charge in [-0.05, 0) is 32.0 Å². The average molecular weight is 323 g/mol. The van der Waals surface area contributed by atoms with Crippen molar-refractivity contribution >= 4 is 29.1 Å². The molecule has 0 bridgehead atoms. The summed E-state index contributed by atoms with van der Waals surface area (Å²) in [4.78, 5) is 23.0. The van der Waals surface area contributed by atoms with Crippen molar-refractivity contribution in [2.75, 3.05) is 5.32 Å². The van der Waals surface area contributed by atoms with Crippen LogP contribution in [-0.4, -0.2) is 17.9 Å². The Morgan fingerprint density at radius 3 is 2.38 bits per heavy atom. The van der Waals surface area contributed by atoms with Crippen LogP contribution in [-0.2, 0) is 15.8 Å². The highest BCUT2D eigenvalue weighted by atomic mass is 35.5. The van der Waals surface area contributed by atoms with Gasteiger partial charge >= 0.3 is 6.18 Å². The molecule has 0 aliphatic rings. The highest BCUT2D eigenvalue weighted by Crippen LogP contribution is 2.36. The van der Waals surface area contributed by atoms with E-state index in [-0.39, 0.29) is 11.1 Å². The van der Waals surface area contributed by atoms with Crippen LogP contribution in [0.15, 0.2) is 18.2 Å². The number of benzene rings is 1. The third-order valence-electron chi connectivity index (χ3n) is 2.33. The minimum atomic E-state index is -4.66. The fourth-order valence-electron chi connectivity index (χ4n) is 1.57. The molecular formula is C13H14ClF3N2O2. The number of hydrogen-bond donors (Lipinski definition) is 2. The van der Waals surface area contributed by atoms with Gasteiger partial charge in [-0.3, -0.25) is 9.59 Å². The average Bonchev–Trinajstić information content (AvgIpc) is 2.28. The van der Waals surface area contributed by atoms with Crippen LogP contribution in [0, 0.1) is 0 Å². The van der Waals surface area contributed by atoms with Crippen molar-refractivity contribution in [2.45, 2.75) is 32.5 Å². The van der Waals surface area contributed by atoms with Gasteiger partial charge in [0.2, 0.25) is 11.8 Å². The predicted molar refractivity (Wildman–Crippen MR) is 73.0 cm³/mol. The molecule has 0 heterocycles. The topological polar surface area (TPSA) is 58.2 Å². The smallest absolute Gasteiger partial charge is 0.353 e. The van der Waals surface area contributed by atoms with E-state index < -0.39 is 35.7 Å². The molecule has 0 spiro atoms. The summed E-state index contributed by atoms with van der Waals surface area (Å²) in [6.45, 7) is 3.41. The first-order chi connectivity index (χ1) is 9.59. The van der Waals surface area contributed by atoms with E-state index in [4.69, 9.17) is 11.6 Å². The van der Waals surface area contributed by atoms with Gasteiger partial charge < -0.3 is 10.6 Å². The molecule has 0 radical (unpaired) electrons. The van der Waals surface area contributed by atoms with E-state index in [1.807, 2.05) is 0 Å². The van der Waals surface area contributed by atoms with Gasteiger partial charge in [-0.1, -0.05) is 11.6 Å². The Balaban J connectivity index is 2.84. The summed E-state index contributed by atoms with van der Waals surface area (Å²) < 4.78 is 38.5. The van der Waals surface area contributed by atoms with Crippen LogP contribution in [0.3, 0.4) is 0 Å². The summed E-state index contributed by atoms with van der Waals surface area (Å²) in [5.41, 5.74) is -1.50. The Morgan fingerprint density at radius 1 is 1.24 bits per heavy atom. The van der Waals surface area contributed by atoms with Crippen LogP contribution in [0.25, 0.3) is 0 Å². The lowest BCUT2D eigenvalue weighted by Gasteiger charge is -2.14. The van der Waals surface area contributed by atoms with E-state index in [9.17, 15) is 22.8 Å². The Morgan fingerprint density at radius 2 is 1.86 bits per heavy atom. The molecule has 0 saturated carbocycles. The Bertz CT molecular complexity index is 545. The lowest BCUT2D eigenvalue weighted by atomic mass is 10.1. The lowest BCUT2D eigenvalue weighted by Crippen LogP contribution is -2.33. The maximum absolute atomic E-state index is 12.8. The zero-order chi connectivity index (χ0) is 16.2. The van der Waals surface area contributed by atoms with Gasteiger partial charge in [0.05, 0.1) is 11.3 Å². The van der Waals surface area contributed by atoms with E-state index in [2.05, 4.69) is 10.6 Å². The third-order valence-corrected chi connectivity index (χ3v) is 2.57. The number of anilines is 1. The minimum absolute atomic E-state index is 0.0992. The Labute approximate surface area is 124 Å². The first-order valence-electron chi connectivity index (χ1n) is 6.05. The van der Waals surface area contributed by atoms with Crippen molar-refractivity contribution in [1.29, 1.82) is 0 Å². The molecule has 8 heteroatoms. The van der Waals surface area contributed by atoms with Crippen molar-refractivity contribution in [3.05, 3.63) is 28.8 Å². The zero-order valence-corrected chi connectivity index (χ0v) is 12.1. The lowest BCUT2D eigenvalue weighted by molar-refractivity contribution is -0.137. The van der Waals surface area contributed by atoms with Gasteiger partial charge in [0, 0.05) is 11.1 Å². The molecule has 0 saturated heterocycles. The van der Waals surface area contributed by atoms with Crippen molar-refractivity contribution in [3.63, 3.8) is 0 Å². The molecule has 116 valence electrons. The zero-order valence-electron chi connectivity index (χ0n) is 11.3. The van der Waals surface area contributed by atoms with Gasteiger partial charge in [-0.2, -0.15) is 13.2 Å². The number of hydrogen-bond acceptors (Lipinski definition) is 2. The van der Waals surface area contributed by atoms with Crippen molar-refractivity contribution in [3.8, 4) is 0 Å². The molecule has 0 atom stereocenters. The SMILES string of the molecule is CC(C)NC(=O)CC(=O)Nc1ccc(Cl)cc1C(F)(F)F. The van der Waals surface area contributed by atoms with Crippen molar-refractivity contribution < 1.29 is 22.8 Å². The summed E-state index contributed by atoms with van der Waals surface area (Å²) in [5, 5.41) is 4.44. The van der Waals surface area contributed by atoms with E-state index in [1.54, 1.807) is 13.8 Å². The molecule has 1 aromatic carbocycles. The molecule has 0 fully saturated rings. The van der Waals surface area contributed by atoms with E-state index >= 15 is 0 Å². The molecule has 1 aromatic rings. The van der Waals surface area contributed by atoms with Crippen LogP contribution < -0.4 is 10.6 Å². The first-order valence-corrected chi connectivity index (χ1v) is 6.43. The number of halogens is 4. The van der Waals surface area contributed by atoms with Crippen molar-refractivity contribution in [2.24, 2.45) is 0 Å². The molecule has 2 N–H and O–H groups in total. The normalized spacial score (nSPS) is 11.4. The van der Waals surface area contributed by atoms with Gasteiger partial charge in [-0.25, -0.2) is 0 Å². The van der Waals surface area contributed by atoms with E-state index in [0.717, 1.165) is 6.07 Å². The maximum atomic E-state index is 12.8. The highest BCUT2D eigenvalue weighted by molar-refractivity contribution is 6.30. The Kier molecular flexibility index (Phi) is 5.60. The number of rotatable bonds is 4. The Hall–Kier alpha value is -1.76. The van der Waals surface area contributed by atoms with Crippen LogP contribution in [0.2, 0.25) is 5.02 Å². The quantitative estimate of drug-likeness (QED) is 0.836. The van der Waals surface area contributed by atoms with Gasteiger partial charge in [-0.15, -0.1) is 0 Å². The number of alkyl halides is 3. The maximum Gasteiger partial charge on any atom is 0.418 e. The van der Waals surface area contributed by atoms with E-state index in [0.29, 0.717) is 6.07 Å². The van der Waals surface area contributed by atoms with Crippen LogP contribution >= 0.6 is 11.6 Å². The molecule has 21 heavy (non-hydrogen) atoms. The molecule has 1 rings (SSSR count). The summed E-state index contributed by atoms with van der Waals surface area (Å²) in [5.74, 6) is -1.40. The second-order valence-corrected chi connectivity index (χ2v) is 5.07. The highest BCUT2D eigenvalue weighted by Gasteiger charge is 2.34. The molecular weight excluding hydrogens is 309 g/mol. The number of carbonyl (C=O) groups is 2. The summed E-state index contributed by atoms with van der Waals surface area (Å²) in [6, 6.07) is 2.82. The van der Waals surface area contributed by atoms with Gasteiger partial charge in [0.1, 0.15) is 6.42 Å². The predicted octanol–water partition coefficient (Wildman–Crippen LogP) is 3.21. The largest absolute Gasteiger partial charge is 0.418 e. The number of nitrogens with one attached hydrogen (secondary N) is 2. The van der Waals surface area contributed by atoms with Crippen LogP contribution in [0.4, 0.5) is 18.9 Å². The van der Waals surface area contributed by atoms with E-state index in [1.165, 1.54) is 6.07 Å². The minimum Gasteiger partial charge on any atom is -0.353 e. The number of amides is 2. The second-order valence-electron chi connectivity index (χ2n) is 4.63. The standard InChI is InChI=1S/C13H14ClF3N2O2/c1-7(2)18-11(20)6-12(21)19-10-4-3-8(14)5-9(10)13(15,16)17/h3-5,7H,6H2,1-2H3,(H,18,20)(H,19,21). The van der Waals surface area contributed by atoms with Gasteiger partial charge in [0.25, 0.3) is 0 Å². The monoisotopic (exact) mass is 322 g/mol. The summed E-state index contributed by atoms with van der Waals surface area (Å²) in [6.07, 6.45) is -5.22. The molecule has 0 unspecified atom stereocenters. The number of carbonyl (C=O) groups excluding carboxylic acids is 2. The fourth-order valence-corrected chi connectivity index (χ4v) is 1.75. The third kappa shape index (κ3) is 5.63. The van der Waals surface area contributed by atoms with Crippen LogP contribution in [0.5, 0.6) is 0 Å².